The number of hydrogen-bond donors (Lipinski definition) is 2. The van der Waals surface area contributed by atoms with Gasteiger partial charge >= 0.3 is 0 Å². The molecule has 1 atom stereocenters. The molecule has 16 heavy (non-hydrogen) atoms. The number of carbonyl (C=O) groups excluding carboxylic acids is 1. The van der Waals surface area contributed by atoms with Crippen molar-refractivity contribution in [1.82, 2.24) is 14.9 Å². The molecule has 1 amide bonds. The maximum atomic E-state index is 11.6. The van der Waals surface area contributed by atoms with Crippen molar-refractivity contribution >= 4 is 5.91 Å². The quantitative estimate of drug-likeness (QED) is 0.718. The van der Waals surface area contributed by atoms with Crippen LogP contribution >= 0.6 is 0 Å². The van der Waals surface area contributed by atoms with Gasteiger partial charge in [-0.1, -0.05) is 0 Å². The van der Waals surface area contributed by atoms with Crippen LogP contribution in [-0.4, -0.2) is 28.0 Å². The second kappa shape index (κ2) is 5.12. The highest BCUT2D eigenvalue weighted by Crippen LogP contribution is 2.32. The van der Waals surface area contributed by atoms with Crippen LogP contribution in [-0.2, 0) is 11.3 Å². The van der Waals surface area contributed by atoms with E-state index in [9.17, 15) is 4.79 Å². The van der Waals surface area contributed by atoms with Crippen molar-refractivity contribution in [3.05, 3.63) is 18.7 Å². The van der Waals surface area contributed by atoms with Gasteiger partial charge in [0.05, 0.1) is 6.33 Å². The molecule has 0 saturated heterocycles. The number of nitrogens with two attached hydrogens (primary N) is 1. The Kier molecular flexibility index (Phi) is 3.56. The maximum absolute atomic E-state index is 11.6. The van der Waals surface area contributed by atoms with Crippen LogP contribution in [0.4, 0.5) is 0 Å². The molecule has 1 fully saturated rings. The van der Waals surface area contributed by atoms with Gasteiger partial charge in [-0.05, 0) is 18.8 Å². The number of nitrogens with zero attached hydrogens (tertiary/aromatic N) is 2. The first-order valence-electron chi connectivity index (χ1n) is 5.75. The van der Waals surface area contributed by atoms with Crippen LogP contribution in [0.3, 0.4) is 0 Å². The van der Waals surface area contributed by atoms with Gasteiger partial charge in [-0.3, -0.25) is 4.79 Å². The van der Waals surface area contributed by atoms with Crippen molar-refractivity contribution in [2.75, 3.05) is 6.54 Å². The highest BCUT2D eigenvalue weighted by molar-refractivity contribution is 5.76. The first kappa shape index (κ1) is 11.1. The van der Waals surface area contributed by atoms with E-state index in [4.69, 9.17) is 5.73 Å². The van der Waals surface area contributed by atoms with E-state index < -0.39 is 0 Å². The molecule has 88 valence electrons. The number of imidazole rings is 1. The minimum atomic E-state index is 0.0797. The Morgan fingerprint density at radius 2 is 2.44 bits per heavy atom. The van der Waals surface area contributed by atoms with Crippen LogP contribution in [0.25, 0.3) is 0 Å². The summed E-state index contributed by atoms with van der Waals surface area (Å²) in [5.41, 5.74) is 5.62. The van der Waals surface area contributed by atoms with Gasteiger partial charge in [0.2, 0.25) is 5.91 Å². The predicted octanol–water partition coefficient (Wildman–Crippen LogP) is 0.127. The Bertz CT molecular complexity index is 332. The third-order valence-electron chi connectivity index (χ3n) is 2.95. The zero-order valence-corrected chi connectivity index (χ0v) is 9.30. The van der Waals surface area contributed by atoms with Crippen LogP contribution in [0, 0.1) is 5.92 Å². The van der Waals surface area contributed by atoms with Gasteiger partial charge in [0, 0.05) is 37.9 Å². The van der Waals surface area contributed by atoms with Crippen molar-refractivity contribution in [2.24, 2.45) is 11.7 Å². The minimum Gasteiger partial charge on any atom is -0.352 e. The molecule has 0 radical (unpaired) electrons. The van der Waals surface area contributed by atoms with Gasteiger partial charge in [-0.25, -0.2) is 4.98 Å². The fourth-order valence-electron chi connectivity index (χ4n) is 1.80. The highest BCUT2D eigenvalue weighted by atomic mass is 16.1. The highest BCUT2D eigenvalue weighted by Gasteiger charge is 2.30. The Balaban J connectivity index is 1.71. The molecule has 5 heteroatoms. The molecule has 5 nitrogen and oxygen atoms in total. The average Bonchev–Trinajstić information content (AvgIpc) is 3.00. The lowest BCUT2D eigenvalue weighted by molar-refractivity contribution is -0.122. The SMILES string of the molecule is NCC(NC(=O)CCn1ccnc1)C1CC1. The summed E-state index contributed by atoms with van der Waals surface area (Å²) < 4.78 is 1.90. The smallest absolute Gasteiger partial charge is 0.222 e. The van der Waals surface area contributed by atoms with E-state index in [-0.39, 0.29) is 11.9 Å². The number of amides is 1. The Morgan fingerprint density at radius 1 is 1.62 bits per heavy atom. The summed E-state index contributed by atoms with van der Waals surface area (Å²) in [6, 6.07) is 0.176. The topological polar surface area (TPSA) is 72.9 Å². The standard InChI is InChI=1S/C11H18N4O/c12-7-10(9-1-2-9)14-11(16)3-5-15-6-4-13-8-15/h4,6,8-10H,1-3,5,7,12H2,(H,14,16). The molecule has 1 unspecified atom stereocenters. The minimum absolute atomic E-state index is 0.0797. The second-order valence-electron chi connectivity index (χ2n) is 4.30. The summed E-state index contributed by atoms with van der Waals surface area (Å²) in [7, 11) is 0. The first-order chi connectivity index (χ1) is 7.79. The lowest BCUT2D eigenvalue weighted by Gasteiger charge is -2.15. The molecule has 0 aliphatic heterocycles. The number of aromatic nitrogens is 2. The Hall–Kier alpha value is -1.36. The monoisotopic (exact) mass is 222 g/mol. The molecular formula is C11H18N4O. The Labute approximate surface area is 95.0 Å². The van der Waals surface area contributed by atoms with Crippen molar-refractivity contribution < 1.29 is 4.79 Å². The van der Waals surface area contributed by atoms with E-state index in [2.05, 4.69) is 10.3 Å². The number of aryl methyl sites for hydroxylation is 1. The van der Waals surface area contributed by atoms with E-state index in [0.29, 0.717) is 25.4 Å². The van der Waals surface area contributed by atoms with Gasteiger partial charge in [-0.2, -0.15) is 0 Å². The summed E-state index contributed by atoms with van der Waals surface area (Å²) in [5, 5.41) is 2.99. The Morgan fingerprint density at radius 3 is 3.00 bits per heavy atom. The molecule has 0 bridgehead atoms. The molecule has 2 rings (SSSR count). The zero-order chi connectivity index (χ0) is 11.4. The number of rotatable bonds is 6. The van der Waals surface area contributed by atoms with E-state index in [1.165, 1.54) is 12.8 Å². The molecule has 1 heterocycles. The molecule has 0 aromatic carbocycles. The van der Waals surface area contributed by atoms with Crippen LogP contribution in [0.1, 0.15) is 19.3 Å². The molecule has 1 saturated carbocycles. The average molecular weight is 222 g/mol. The number of hydrogen-bond acceptors (Lipinski definition) is 3. The van der Waals surface area contributed by atoms with Crippen LogP contribution < -0.4 is 11.1 Å². The lowest BCUT2D eigenvalue weighted by Crippen LogP contribution is -2.41. The summed E-state index contributed by atoms with van der Waals surface area (Å²) in [4.78, 5) is 15.6. The zero-order valence-electron chi connectivity index (χ0n) is 9.30. The van der Waals surface area contributed by atoms with Gasteiger partial charge in [0.15, 0.2) is 0 Å². The number of nitrogens with one attached hydrogen (secondary N) is 1. The van der Waals surface area contributed by atoms with Gasteiger partial charge in [0.1, 0.15) is 0 Å². The molecular weight excluding hydrogens is 204 g/mol. The van der Waals surface area contributed by atoms with Crippen molar-refractivity contribution in [3.8, 4) is 0 Å². The third kappa shape index (κ3) is 3.06. The molecule has 1 aliphatic carbocycles. The fourth-order valence-corrected chi connectivity index (χ4v) is 1.80. The summed E-state index contributed by atoms with van der Waals surface area (Å²) in [6.45, 7) is 1.22. The van der Waals surface area contributed by atoms with E-state index in [1.54, 1.807) is 12.5 Å². The largest absolute Gasteiger partial charge is 0.352 e. The predicted molar refractivity (Wildman–Crippen MR) is 60.6 cm³/mol. The molecule has 1 aromatic rings. The van der Waals surface area contributed by atoms with Crippen LogP contribution in [0.5, 0.6) is 0 Å². The van der Waals surface area contributed by atoms with E-state index in [1.807, 2.05) is 10.8 Å². The summed E-state index contributed by atoms with van der Waals surface area (Å²) >= 11 is 0. The third-order valence-corrected chi connectivity index (χ3v) is 2.95. The first-order valence-corrected chi connectivity index (χ1v) is 5.75. The van der Waals surface area contributed by atoms with E-state index >= 15 is 0 Å². The van der Waals surface area contributed by atoms with Gasteiger partial charge in [-0.15, -0.1) is 0 Å². The lowest BCUT2D eigenvalue weighted by atomic mass is 10.2. The number of carbonyl (C=O) groups is 1. The van der Waals surface area contributed by atoms with Crippen molar-refractivity contribution in [3.63, 3.8) is 0 Å². The second-order valence-corrected chi connectivity index (χ2v) is 4.30. The summed E-state index contributed by atoms with van der Waals surface area (Å²) in [6.07, 6.45) is 8.17. The molecule has 0 spiro atoms. The van der Waals surface area contributed by atoms with Crippen LogP contribution in [0.15, 0.2) is 18.7 Å². The van der Waals surface area contributed by atoms with Crippen molar-refractivity contribution in [2.45, 2.75) is 31.8 Å². The molecule has 1 aromatic heterocycles. The summed E-state index contributed by atoms with van der Waals surface area (Å²) in [5.74, 6) is 0.693. The maximum Gasteiger partial charge on any atom is 0.222 e. The fraction of sp³-hybridized carbons (Fsp3) is 0.636. The molecule has 1 aliphatic rings. The van der Waals surface area contributed by atoms with E-state index in [0.717, 1.165) is 0 Å². The van der Waals surface area contributed by atoms with Crippen molar-refractivity contribution in [1.29, 1.82) is 0 Å². The van der Waals surface area contributed by atoms with Gasteiger partial charge < -0.3 is 15.6 Å². The van der Waals surface area contributed by atoms with Crippen LogP contribution in [0.2, 0.25) is 0 Å². The molecule has 3 N–H and O–H groups in total. The normalized spacial score (nSPS) is 17.1. The van der Waals surface area contributed by atoms with Gasteiger partial charge in [0.25, 0.3) is 0 Å².